The molecule has 0 aliphatic heterocycles. The lowest BCUT2D eigenvalue weighted by atomic mass is 10.1. The van der Waals surface area contributed by atoms with E-state index in [4.69, 9.17) is 4.42 Å². The van der Waals surface area contributed by atoms with Crippen LogP contribution in [0.5, 0.6) is 0 Å². The van der Waals surface area contributed by atoms with Crippen LogP contribution in [0.25, 0.3) is 0 Å². The molecule has 2 aromatic rings. The quantitative estimate of drug-likeness (QED) is 0.861. The Morgan fingerprint density at radius 1 is 1.26 bits per heavy atom. The molecule has 0 aliphatic rings. The molecule has 3 nitrogen and oxygen atoms in total. The van der Waals surface area contributed by atoms with Gasteiger partial charge in [0.25, 0.3) is 0 Å². The van der Waals surface area contributed by atoms with E-state index in [1.165, 1.54) is 16.8 Å². The zero-order valence-corrected chi connectivity index (χ0v) is 11.9. The highest BCUT2D eigenvalue weighted by Gasteiger charge is 2.10. The summed E-state index contributed by atoms with van der Waals surface area (Å²) in [5.41, 5.74) is 3.90. The van der Waals surface area contributed by atoms with Crippen LogP contribution < -0.4 is 10.2 Å². The first-order valence-electron chi connectivity index (χ1n) is 6.76. The first-order chi connectivity index (χ1) is 9.24. The summed E-state index contributed by atoms with van der Waals surface area (Å²) in [6, 6.07) is 10.6. The van der Waals surface area contributed by atoms with E-state index in [0.29, 0.717) is 0 Å². The van der Waals surface area contributed by atoms with E-state index in [9.17, 15) is 0 Å². The SMILES string of the molecule is CCN(Cc1ccco1)c1ccc(CNC)cc1C. The van der Waals surface area contributed by atoms with Crippen molar-refractivity contribution in [2.45, 2.75) is 26.9 Å². The molecule has 0 bridgehead atoms. The smallest absolute Gasteiger partial charge is 0.123 e. The van der Waals surface area contributed by atoms with Crippen LogP contribution in [0.15, 0.2) is 41.0 Å². The van der Waals surface area contributed by atoms with Crippen LogP contribution in [0, 0.1) is 6.92 Å². The van der Waals surface area contributed by atoms with Crippen LogP contribution in [0.3, 0.4) is 0 Å². The van der Waals surface area contributed by atoms with Crippen molar-refractivity contribution < 1.29 is 4.42 Å². The van der Waals surface area contributed by atoms with Gasteiger partial charge in [-0.15, -0.1) is 0 Å². The van der Waals surface area contributed by atoms with E-state index >= 15 is 0 Å². The zero-order valence-electron chi connectivity index (χ0n) is 11.9. The van der Waals surface area contributed by atoms with Gasteiger partial charge in [0.2, 0.25) is 0 Å². The number of benzene rings is 1. The van der Waals surface area contributed by atoms with Crippen molar-refractivity contribution in [3.05, 3.63) is 53.5 Å². The Labute approximate surface area is 115 Å². The molecule has 0 saturated carbocycles. The van der Waals surface area contributed by atoms with Gasteiger partial charge in [-0.25, -0.2) is 0 Å². The second-order valence-electron chi connectivity index (χ2n) is 4.74. The molecule has 0 saturated heterocycles. The lowest BCUT2D eigenvalue weighted by molar-refractivity contribution is 0.503. The predicted octanol–water partition coefficient (Wildman–Crippen LogP) is 3.33. The second-order valence-corrected chi connectivity index (χ2v) is 4.74. The van der Waals surface area contributed by atoms with Gasteiger partial charge in [0, 0.05) is 18.8 Å². The summed E-state index contributed by atoms with van der Waals surface area (Å²) in [5, 5.41) is 3.18. The van der Waals surface area contributed by atoms with Crippen molar-refractivity contribution in [3.8, 4) is 0 Å². The van der Waals surface area contributed by atoms with Crippen LogP contribution in [0.4, 0.5) is 5.69 Å². The van der Waals surface area contributed by atoms with Gasteiger partial charge in [0.1, 0.15) is 5.76 Å². The average Bonchev–Trinajstić information content (AvgIpc) is 2.90. The zero-order chi connectivity index (χ0) is 13.7. The normalized spacial score (nSPS) is 10.7. The van der Waals surface area contributed by atoms with Crippen LogP contribution in [-0.4, -0.2) is 13.6 Å². The maximum atomic E-state index is 5.44. The number of furan rings is 1. The molecule has 19 heavy (non-hydrogen) atoms. The van der Waals surface area contributed by atoms with Crippen molar-refractivity contribution in [2.24, 2.45) is 0 Å². The molecule has 102 valence electrons. The van der Waals surface area contributed by atoms with Crippen molar-refractivity contribution >= 4 is 5.69 Å². The van der Waals surface area contributed by atoms with Gasteiger partial charge in [-0.3, -0.25) is 0 Å². The highest BCUT2D eigenvalue weighted by molar-refractivity contribution is 5.54. The van der Waals surface area contributed by atoms with Crippen LogP contribution in [0.1, 0.15) is 23.8 Å². The maximum Gasteiger partial charge on any atom is 0.123 e. The van der Waals surface area contributed by atoms with Crippen LogP contribution >= 0.6 is 0 Å². The fourth-order valence-corrected chi connectivity index (χ4v) is 2.34. The van der Waals surface area contributed by atoms with Gasteiger partial charge in [-0.05, 0) is 50.2 Å². The van der Waals surface area contributed by atoms with Crippen LogP contribution in [0.2, 0.25) is 0 Å². The molecular weight excluding hydrogens is 236 g/mol. The molecule has 0 radical (unpaired) electrons. The highest BCUT2D eigenvalue weighted by atomic mass is 16.3. The van der Waals surface area contributed by atoms with Crippen molar-refractivity contribution in [3.63, 3.8) is 0 Å². The number of rotatable bonds is 6. The summed E-state index contributed by atoms with van der Waals surface area (Å²) in [6.07, 6.45) is 1.73. The molecule has 0 amide bonds. The van der Waals surface area contributed by atoms with E-state index in [1.807, 2.05) is 19.2 Å². The molecule has 0 fully saturated rings. The molecule has 1 aromatic carbocycles. The van der Waals surface area contributed by atoms with Gasteiger partial charge in [0.15, 0.2) is 0 Å². The molecule has 1 aromatic heterocycles. The summed E-state index contributed by atoms with van der Waals surface area (Å²) >= 11 is 0. The maximum absolute atomic E-state index is 5.44. The molecule has 0 unspecified atom stereocenters. The number of hydrogen-bond donors (Lipinski definition) is 1. The summed E-state index contributed by atoms with van der Waals surface area (Å²) < 4.78 is 5.44. The first kappa shape index (κ1) is 13.7. The van der Waals surface area contributed by atoms with Gasteiger partial charge >= 0.3 is 0 Å². The summed E-state index contributed by atoms with van der Waals surface area (Å²) in [6.45, 7) is 7.03. The molecule has 3 heteroatoms. The van der Waals surface area contributed by atoms with E-state index in [1.54, 1.807) is 6.26 Å². The molecule has 1 N–H and O–H groups in total. The topological polar surface area (TPSA) is 28.4 Å². The fourth-order valence-electron chi connectivity index (χ4n) is 2.34. The summed E-state index contributed by atoms with van der Waals surface area (Å²) in [4.78, 5) is 2.33. The van der Waals surface area contributed by atoms with Gasteiger partial charge < -0.3 is 14.6 Å². The largest absolute Gasteiger partial charge is 0.467 e. The molecule has 2 rings (SSSR count). The monoisotopic (exact) mass is 258 g/mol. The Kier molecular flexibility index (Phi) is 4.63. The summed E-state index contributed by atoms with van der Waals surface area (Å²) in [7, 11) is 1.97. The third-order valence-electron chi connectivity index (χ3n) is 3.29. The number of aryl methyl sites for hydroxylation is 1. The van der Waals surface area contributed by atoms with Gasteiger partial charge in [0.05, 0.1) is 12.8 Å². The predicted molar refractivity (Wildman–Crippen MR) is 79.4 cm³/mol. The van der Waals surface area contributed by atoms with Gasteiger partial charge in [-0.1, -0.05) is 12.1 Å². The molecule has 0 atom stereocenters. The Balaban J connectivity index is 2.18. The lowest BCUT2D eigenvalue weighted by Crippen LogP contribution is -2.22. The van der Waals surface area contributed by atoms with Crippen molar-refractivity contribution in [1.29, 1.82) is 0 Å². The van der Waals surface area contributed by atoms with E-state index in [2.05, 4.69) is 42.3 Å². The highest BCUT2D eigenvalue weighted by Crippen LogP contribution is 2.23. The third kappa shape index (κ3) is 3.38. The van der Waals surface area contributed by atoms with Gasteiger partial charge in [-0.2, -0.15) is 0 Å². The molecule has 1 heterocycles. The minimum atomic E-state index is 0.815. The van der Waals surface area contributed by atoms with Crippen molar-refractivity contribution in [2.75, 3.05) is 18.5 Å². The average molecular weight is 258 g/mol. The Morgan fingerprint density at radius 3 is 2.68 bits per heavy atom. The van der Waals surface area contributed by atoms with E-state index in [0.717, 1.165) is 25.4 Å². The van der Waals surface area contributed by atoms with E-state index < -0.39 is 0 Å². The summed E-state index contributed by atoms with van der Waals surface area (Å²) in [5.74, 6) is 1.00. The number of anilines is 1. The molecule has 0 spiro atoms. The first-order valence-corrected chi connectivity index (χ1v) is 6.76. The lowest BCUT2D eigenvalue weighted by Gasteiger charge is -2.24. The molecular formula is C16H22N2O. The number of nitrogens with zero attached hydrogens (tertiary/aromatic N) is 1. The second kappa shape index (κ2) is 6.43. The minimum absolute atomic E-state index is 0.815. The molecule has 0 aliphatic carbocycles. The van der Waals surface area contributed by atoms with E-state index in [-0.39, 0.29) is 0 Å². The number of hydrogen-bond acceptors (Lipinski definition) is 3. The Morgan fingerprint density at radius 2 is 2.11 bits per heavy atom. The Hall–Kier alpha value is -1.74. The minimum Gasteiger partial charge on any atom is -0.467 e. The number of nitrogens with one attached hydrogen (secondary N) is 1. The van der Waals surface area contributed by atoms with Crippen LogP contribution in [-0.2, 0) is 13.1 Å². The van der Waals surface area contributed by atoms with Crippen molar-refractivity contribution in [1.82, 2.24) is 5.32 Å². The Bertz CT molecular complexity index is 505. The third-order valence-corrected chi connectivity index (χ3v) is 3.29. The fraction of sp³-hybridized carbons (Fsp3) is 0.375. The standard InChI is InChI=1S/C16H22N2O/c1-4-18(12-15-6-5-9-19-15)16-8-7-14(11-17-3)10-13(16)2/h5-10,17H,4,11-12H2,1-3H3.